The smallest absolute Gasteiger partial charge is 0.300 e. The van der Waals surface area contributed by atoms with Crippen molar-refractivity contribution >= 4 is 34.7 Å². The van der Waals surface area contributed by atoms with E-state index < -0.39 is 23.5 Å². The van der Waals surface area contributed by atoms with E-state index in [1.54, 1.807) is 42.5 Å². The van der Waals surface area contributed by atoms with E-state index in [2.05, 4.69) is 0 Å². The first-order valence-electron chi connectivity index (χ1n) is 11.2. The van der Waals surface area contributed by atoms with Crippen LogP contribution in [0.25, 0.3) is 5.76 Å². The summed E-state index contributed by atoms with van der Waals surface area (Å²) in [6, 6.07) is 16.1. The molecule has 1 saturated heterocycles. The number of ether oxygens (including phenoxy) is 1. The lowest BCUT2D eigenvalue weighted by Crippen LogP contribution is -2.29. The Bertz CT molecular complexity index is 1330. The molecule has 1 fully saturated rings. The number of rotatable bonds is 6. The minimum Gasteiger partial charge on any atom is -0.507 e. The molecule has 0 saturated carbocycles. The van der Waals surface area contributed by atoms with Gasteiger partial charge in [-0.05, 0) is 60.9 Å². The van der Waals surface area contributed by atoms with E-state index in [0.717, 1.165) is 5.56 Å². The summed E-state index contributed by atoms with van der Waals surface area (Å²) in [6.45, 7) is 6.43. The Morgan fingerprint density at radius 3 is 2.49 bits per heavy atom. The minimum atomic E-state index is -1.17. The molecule has 1 heterocycles. The number of carbonyl (C=O) groups is 2. The van der Waals surface area contributed by atoms with Gasteiger partial charge >= 0.3 is 0 Å². The van der Waals surface area contributed by atoms with Crippen molar-refractivity contribution in [3.05, 3.63) is 99.8 Å². The second-order valence-corrected chi connectivity index (χ2v) is 9.29. The first kappa shape index (κ1) is 24.5. The molecule has 180 valence electrons. The van der Waals surface area contributed by atoms with Gasteiger partial charge < -0.3 is 9.84 Å². The number of halogens is 2. The van der Waals surface area contributed by atoms with Gasteiger partial charge in [-0.1, -0.05) is 49.7 Å². The number of ketones is 1. The topological polar surface area (TPSA) is 66.8 Å². The molecule has 5 nitrogen and oxygen atoms in total. The zero-order valence-corrected chi connectivity index (χ0v) is 20.3. The quantitative estimate of drug-likeness (QED) is 0.243. The number of hydrogen-bond acceptors (Lipinski definition) is 4. The molecule has 1 atom stereocenters. The highest BCUT2D eigenvalue weighted by Gasteiger charge is 2.47. The van der Waals surface area contributed by atoms with E-state index in [1.165, 1.54) is 29.2 Å². The summed E-state index contributed by atoms with van der Waals surface area (Å²) in [5.41, 5.74) is 1.28. The SMILES string of the molecule is Cc1cc(/C(O)=C2\C(=O)C(=O)N(c3cccc(Cl)c3)C2c2ccccc2F)ccc1OCC(C)C. The normalized spacial score (nSPS) is 17.3. The van der Waals surface area contributed by atoms with Crippen LogP contribution in [0.15, 0.2) is 72.3 Å². The van der Waals surface area contributed by atoms with Crippen LogP contribution in [0.4, 0.5) is 10.1 Å². The number of benzene rings is 3. The van der Waals surface area contributed by atoms with E-state index in [9.17, 15) is 19.1 Å². The number of amides is 1. The third-order valence-electron chi connectivity index (χ3n) is 5.75. The summed E-state index contributed by atoms with van der Waals surface area (Å²) in [5, 5.41) is 11.6. The standard InChI is InChI=1S/C28H25ClFNO4/c1-16(2)15-35-23-12-11-18(13-17(23)3)26(32)24-25(21-9-4-5-10-22(21)30)31(28(34)27(24)33)20-8-6-7-19(29)14-20/h4-14,16,25,32H,15H2,1-3H3/b26-24+. The summed E-state index contributed by atoms with van der Waals surface area (Å²) in [7, 11) is 0. The fraction of sp³-hybridized carbons (Fsp3) is 0.214. The fourth-order valence-corrected chi connectivity index (χ4v) is 4.27. The molecule has 1 unspecified atom stereocenters. The summed E-state index contributed by atoms with van der Waals surface area (Å²) >= 11 is 6.13. The number of anilines is 1. The van der Waals surface area contributed by atoms with Gasteiger partial charge in [0.15, 0.2) is 0 Å². The monoisotopic (exact) mass is 493 g/mol. The van der Waals surface area contributed by atoms with Gasteiger partial charge in [-0.2, -0.15) is 0 Å². The maximum atomic E-state index is 15.0. The van der Waals surface area contributed by atoms with Crippen LogP contribution in [0.1, 0.15) is 36.6 Å². The van der Waals surface area contributed by atoms with Gasteiger partial charge in [0.1, 0.15) is 17.3 Å². The Balaban J connectivity index is 1.87. The lowest BCUT2D eigenvalue weighted by Gasteiger charge is -2.26. The Kier molecular flexibility index (Phi) is 6.94. The molecule has 3 aromatic rings. The van der Waals surface area contributed by atoms with Crippen molar-refractivity contribution in [3.63, 3.8) is 0 Å². The van der Waals surface area contributed by atoms with E-state index in [4.69, 9.17) is 16.3 Å². The molecule has 0 radical (unpaired) electrons. The number of aryl methyl sites for hydroxylation is 1. The van der Waals surface area contributed by atoms with Crippen molar-refractivity contribution < 1.29 is 23.8 Å². The molecular formula is C28H25ClFNO4. The Morgan fingerprint density at radius 2 is 1.83 bits per heavy atom. The number of aliphatic hydroxyl groups is 1. The Labute approximate surface area is 208 Å². The van der Waals surface area contributed by atoms with Crippen molar-refractivity contribution in [2.24, 2.45) is 5.92 Å². The number of Topliss-reactive ketones (excluding diaryl/α,β-unsaturated/α-hetero) is 1. The van der Waals surface area contributed by atoms with Crippen LogP contribution in [-0.2, 0) is 9.59 Å². The summed E-state index contributed by atoms with van der Waals surface area (Å²) in [5.74, 6) is -1.79. The molecule has 1 N–H and O–H groups in total. The molecular weight excluding hydrogens is 469 g/mol. The Hall–Kier alpha value is -3.64. The molecule has 35 heavy (non-hydrogen) atoms. The maximum absolute atomic E-state index is 15.0. The Morgan fingerprint density at radius 1 is 1.09 bits per heavy atom. The highest BCUT2D eigenvalue weighted by atomic mass is 35.5. The van der Waals surface area contributed by atoms with Crippen LogP contribution >= 0.6 is 11.6 Å². The first-order valence-corrected chi connectivity index (χ1v) is 11.6. The summed E-state index contributed by atoms with van der Waals surface area (Å²) in [6.07, 6.45) is 0. The van der Waals surface area contributed by atoms with Gasteiger partial charge in [0.25, 0.3) is 11.7 Å². The van der Waals surface area contributed by atoms with Crippen LogP contribution in [0, 0.1) is 18.7 Å². The van der Waals surface area contributed by atoms with Gasteiger partial charge in [-0.25, -0.2) is 4.39 Å². The first-order chi connectivity index (χ1) is 16.7. The second-order valence-electron chi connectivity index (χ2n) is 8.86. The van der Waals surface area contributed by atoms with E-state index in [0.29, 0.717) is 34.5 Å². The average molecular weight is 494 g/mol. The van der Waals surface area contributed by atoms with Gasteiger partial charge in [0.2, 0.25) is 0 Å². The molecule has 4 rings (SSSR count). The zero-order chi connectivity index (χ0) is 25.3. The van der Waals surface area contributed by atoms with Crippen LogP contribution in [0.5, 0.6) is 5.75 Å². The summed E-state index contributed by atoms with van der Waals surface area (Å²) < 4.78 is 20.8. The van der Waals surface area contributed by atoms with Crippen molar-refractivity contribution in [3.8, 4) is 5.75 Å². The molecule has 0 aliphatic carbocycles. The van der Waals surface area contributed by atoms with Gasteiger partial charge in [-0.3, -0.25) is 14.5 Å². The van der Waals surface area contributed by atoms with Crippen molar-refractivity contribution in [1.29, 1.82) is 0 Å². The fourth-order valence-electron chi connectivity index (χ4n) is 4.09. The minimum absolute atomic E-state index is 0.0850. The molecule has 1 aliphatic rings. The number of aliphatic hydroxyl groups excluding tert-OH is 1. The van der Waals surface area contributed by atoms with E-state index in [1.807, 2.05) is 20.8 Å². The van der Waals surface area contributed by atoms with Crippen molar-refractivity contribution in [1.82, 2.24) is 0 Å². The average Bonchev–Trinajstić information content (AvgIpc) is 3.08. The molecule has 1 aliphatic heterocycles. The number of nitrogens with zero attached hydrogens (tertiary/aromatic N) is 1. The van der Waals surface area contributed by atoms with Gasteiger partial charge in [0.05, 0.1) is 18.2 Å². The van der Waals surface area contributed by atoms with Crippen LogP contribution in [-0.4, -0.2) is 23.4 Å². The molecule has 0 spiro atoms. The molecule has 0 aromatic heterocycles. The third kappa shape index (κ3) is 4.80. The predicted molar refractivity (Wildman–Crippen MR) is 134 cm³/mol. The third-order valence-corrected chi connectivity index (χ3v) is 5.99. The molecule has 0 bridgehead atoms. The molecule has 1 amide bonds. The largest absolute Gasteiger partial charge is 0.507 e. The van der Waals surface area contributed by atoms with E-state index in [-0.39, 0.29) is 16.9 Å². The summed E-state index contributed by atoms with van der Waals surface area (Å²) in [4.78, 5) is 27.6. The maximum Gasteiger partial charge on any atom is 0.300 e. The van der Waals surface area contributed by atoms with Gasteiger partial charge in [0, 0.05) is 21.8 Å². The van der Waals surface area contributed by atoms with Crippen molar-refractivity contribution in [2.45, 2.75) is 26.8 Å². The zero-order valence-electron chi connectivity index (χ0n) is 19.6. The van der Waals surface area contributed by atoms with Crippen molar-refractivity contribution in [2.75, 3.05) is 11.5 Å². The van der Waals surface area contributed by atoms with Crippen LogP contribution in [0.3, 0.4) is 0 Å². The highest BCUT2D eigenvalue weighted by molar-refractivity contribution is 6.51. The predicted octanol–water partition coefficient (Wildman–Crippen LogP) is 6.45. The molecule has 7 heteroatoms. The molecule has 3 aromatic carbocycles. The number of carbonyl (C=O) groups excluding carboxylic acids is 2. The lowest BCUT2D eigenvalue weighted by atomic mass is 9.94. The second kappa shape index (κ2) is 9.92. The van der Waals surface area contributed by atoms with E-state index >= 15 is 0 Å². The van der Waals surface area contributed by atoms with Gasteiger partial charge in [-0.15, -0.1) is 0 Å². The van der Waals surface area contributed by atoms with Crippen LogP contribution in [0.2, 0.25) is 5.02 Å². The lowest BCUT2D eigenvalue weighted by molar-refractivity contribution is -0.132. The number of hydrogen-bond donors (Lipinski definition) is 1. The highest BCUT2D eigenvalue weighted by Crippen LogP contribution is 2.43. The van der Waals surface area contributed by atoms with Crippen LogP contribution < -0.4 is 9.64 Å².